The first-order valence-corrected chi connectivity index (χ1v) is 10.0. The minimum absolute atomic E-state index is 0.00711. The van der Waals surface area contributed by atoms with Crippen molar-refractivity contribution in [3.05, 3.63) is 94.8 Å². The summed E-state index contributed by atoms with van der Waals surface area (Å²) < 4.78 is 19.0. The van der Waals surface area contributed by atoms with Crippen molar-refractivity contribution in [2.24, 2.45) is 0 Å². The molecule has 0 atom stereocenters. The van der Waals surface area contributed by atoms with E-state index >= 15 is 0 Å². The molecule has 0 aliphatic heterocycles. The van der Waals surface area contributed by atoms with Gasteiger partial charge < -0.3 is 10.1 Å². The Hall–Kier alpha value is -3.91. The quantitative estimate of drug-likeness (QED) is 0.367. The number of carbonyl (C=O) groups excluding carboxylic acids is 2. The molecule has 3 aromatic carbocycles. The summed E-state index contributed by atoms with van der Waals surface area (Å²) in [7, 11) is 0. The number of rotatable bonds is 5. The highest BCUT2D eigenvalue weighted by atomic mass is 19.1. The van der Waals surface area contributed by atoms with Crippen molar-refractivity contribution in [1.82, 2.24) is 5.32 Å². The second-order valence-corrected chi connectivity index (χ2v) is 7.12. The molecule has 31 heavy (non-hydrogen) atoms. The summed E-state index contributed by atoms with van der Waals surface area (Å²) in [5.41, 5.74) is 4.94. The van der Waals surface area contributed by atoms with Crippen molar-refractivity contribution in [2.45, 2.75) is 12.3 Å². The normalized spacial score (nSPS) is 11.6. The lowest BCUT2D eigenvalue weighted by atomic mass is 9.98. The van der Waals surface area contributed by atoms with Crippen LogP contribution in [0.25, 0.3) is 11.1 Å². The first-order valence-electron chi connectivity index (χ1n) is 10.0. The summed E-state index contributed by atoms with van der Waals surface area (Å²) in [5.74, 6) is 5.01. The monoisotopic (exact) mass is 413 g/mol. The molecule has 0 spiro atoms. The van der Waals surface area contributed by atoms with E-state index in [0.717, 1.165) is 11.1 Å². The minimum atomic E-state index is -0.599. The number of hydrogen-bond acceptors (Lipinski definition) is 3. The maximum atomic E-state index is 13.6. The summed E-state index contributed by atoms with van der Waals surface area (Å²) in [6.07, 6.45) is 0.288. The fourth-order valence-corrected chi connectivity index (χ4v) is 3.80. The standard InChI is InChI=1S/C26H20FNO3/c27-25-14-7-9-18(23(25)16-29)8-5-6-15-28-26(30)31-17-24-21-12-3-1-10-19(21)20-11-2-4-13-22(20)24/h1-4,7,9-14,16,24H,6,15,17H2,(H,28,30). The lowest BCUT2D eigenvalue weighted by molar-refractivity contribution is 0.111. The molecule has 4 nitrogen and oxygen atoms in total. The van der Waals surface area contributed by atoms with Crippen molar-refractivity contribution in [3.63, 3.8) is 0 Å². The molecular formula is C26H20FNO3. The van der Waals surface area contributed by atoms with Gasteiger partial charge in [-0.25, -0.2) is 9.18 Å². The van der Waals surface area contributed by atoms with Crippen LogP contribution in [0.2, 0.25) is 0 Å². The number of aldehydes is 1. The van der Waals surface area contributed by atoms with Crippen molar-refractivity contribution in [2.75, 3.05) is 13.2 Å². The van der Waals surface area contributed by atoms with E-state index < -0.39 is 11.9 Å². The van der Waals surface area contributed by atoms with Crippen molar-refractivity contribution in [3.8, 4) is 23.0 Å². The van der Waals surface area contributed by atoms with Gasteiger partial charge >= 0.3 is 6.09 Å². The van der Waals surface area contributed by atoms with Gasteiger partial charge in [-0.3, -0.25) is 4.79 Å². The summed E-state index contributed by atoms with van der Waals surface area (Å²) in [5, 5.41) is 2.67. The van der Waals surface area contributed by atoms with Gasteiger partial charge in [-0.15, -0.1) is 0 Å². The predicted molar refractivity (Wildman–Crippen MR) is 116 cm³/mol. The number of ether oxygens (including phenoxy) is 1. The SMILES string of the molecule is O=Cc1c(F)cccc1C#CCCNC(=O)OCC1c2ccccc2-c2ccccc21. The lowest BCUT2D eigenvalue weighted by Gasteiger charge is -2.14. The van der Waals surface area contributed by atoms with Crippen LogP contribution in [0.3, 0.4) is 0 Å². The van der Waals surface area contributed by atoms with E-state index in [1.165, 1.54) is 23.3 Å². The van der Waals surface area contributed by atoms with E-state index in [4.69, 9.17) is 4.74 Å². The molecule has 0 heterocycles. The second-order valence-electron chi connectivity index (χ2n) is 7.12. The van der Waals surface area contributed by atoms with Crippen LogP contribution < -0.4 is 5.32 Å². The number of alkyl carbamates (subject to hydrolysis) is 1. The van der Waals surface area contributed by atoms with E-state index in [0.29, 0.717) is 18.3 Å². The highest BCUT2D eigenvalue weighted by molar-refractivity contribution is 5.80. The van der Waals surface area contributed by atoms with Crippen LogP contribution >= 0.6 is 0 Å². The number of benzene rings is 3. The predicted octanol–water partition coefficient (Wildman–Crippen LogP) is 4.92. The zero-order chi connectivity index (χ0) is 21.6. The van der Waals surface area contributed by atoms with E-state index in [1.807, 2.05) is 24.3 Å². The molecule has 1 N–H and O–H groups in total. The van der Waals surface area contributed by atoms with Crippen molar-refractivity contribution < 1.29 is 18.7 Å². The van der Waals surface area contributed by atoms with Gasteiger partial charge in [-0.2, -0.15) is 0 Å². The number of carbonyl (C=O) groups is 2. The van der Waals surface area contributed by atoms with E-state index in [1.54, 1.807) is 6.07 Å². The Morgan fingerprint density at radius 2 is 1.68 bits per heavy atom. The van der Waals surface area contributed by atoms with Crippen LogP contribution in [-0.4, -0.2) is 25.5 Å². The Morgan fingerprint density at radius 1 is 1.00 bits per heavy atom. The van der Waals surface area contributed by atoms with Crippen LogP contribution in [0.1, 0.15) is 39.4 Å². The smallest absolute Gasteiger partial charge is 0.407 e. The largest absolute Gasteiger partial charge is 0.449 e. The molecule has 4 rings (SSSR count). The van der Waals surface area contributed by atoms with Gasteiger partial charge in [0.15, 0.2) is 6.29 Å². The Balaban J connectivity index is 1.30. The third-order valence-corrected chi connectivity index (χ3v) is 5.26. The molecule has 0 saturated carbocycles. The number of fused-ring (bicyclic) bond motifs is 3. The Morgan fingerprint density at radius 3 is 2.35 bits per heavy atom. The van der Waals surface area contributed by atoms with E-state index in [9.17, 15) is 14.0 Å². The number of nitrogens with one attached hydrogen (secondary N) is 1. The molecule has 0 saturated heterocycles. The molecule has 0 aromatic heterocycles. The topological polar surface area (TPSA) is 55.4 Å². The summed E-state index contributed by atoms with van der Waals surface area (Å²) in [6.45, 7) is 0.535. The zero-order valence-electron chi connectivity index (χ0n) is 16.7. The number of halogens is 1. The number of amides is 1. The maximum Gasteiger partial charge on any atom is 0.407 e. The maximum absolute atomic E-state index is 13.6. The van der Waals surface area contributed by atoms with Gasteiger partial charge in [-0.05, 0) is 34.4 Å². The zero-order valence-corrected chi connectivity index (χ0v) is 16.7. The molecule has 1 aliphatic carbocycles. The summed E-state index contributed by atoms with van der Waals surface area (Å²) in [4.78, 5) is 23.1. The fourth-order valence-electron chi connectivity index (χ4n) is 3.80. The molecule has 0 radical (unpaired) electrons. The van der Waals surface area contributed by atoms with E-state index in [2.05, 4.69) is 41.4 Å². The van der Waals surface area contributed by atoms with Gasteiger partial charge in [0, 0.05) is 24.4 Å². The molecule has 1 amide bonds. The Bertz CT molecular complexity index is 1150. The molecule has 0 fully saturated rings. The first-order chi connectivity index (χ1) is 15.2. The average Bonchev–Trinajstić information content (AvgIpc) is 3.11. The third-order valence-electron chi connectivity index (χ3n) is 5.26. The van der Waals surface area contributed by atoms with Crippen LogP contribution in [0, 0.1) is 17.7 Å². The van der Waals surface area contributed by atoms with Gasteiger partial charge in [-0.1, -0.05) is 66.4 Å². The summed E-state index contributed by atoms with van der Waals surface area (Å²) >= 11 is 0. The summed E-state index contributed by atoms with van der Waals surface area (Å²) in [6, 6.07) is 20.6. The lowest BCUT2D eigenvalue weighted by Crippen LogP contribution is -2.26. The van der Waals surface area contributed by atoms with Gasteiger partial charge in [0.1, 0.15) is 12.4 Å². The molecule has 5 heteroatoms. The van der Waals surface area contributed by atoms with Gasteiger partial charge in [0.25, 0.3) is 0 Å². The highest BCUT2D eigenvalue weighted by Gasteiger charge is 2.28. The molecule has 154 valence electrons. The van der Waals surface area contributed by atoms with E-state index in [-0.39, 0.29) is 24.6 Å². The Labute approximate surface area is 180 Å². The molecule has 0 unspecified atom stereocenters. The van der Waals surface area contributed by atoms with Crippen LogP contribution in [-0.2, 0) is 4.74 Å². The van der Waals surface area contributed by atoms with Crippen LogP contribution in [0.15, 0.2) is 66.7 Å². The van der Waals surface area contributed by atoms with Gasteiger partial charge in [0.2, 0.25) is 0 Å². The highest BCUT2D eigenvalue weighted by Crippen LogP contribution is 2.44. The van der Waals surface area contributed by atoms with Gasteiger partial charge in [0.05, 0.1) is 5.56 Å². The number of hydrogen-bond donors (Lipinski definition) is 1. The minimum Gasteiger partial charge on any atom is -0.449 e. The molecule has 0 bridgehead atoms. The first kappa shape index (κ1) is 20.4. The second kappa shape index (κ2) is 9.27. The van der Waals surface area contributed by atoms with Crippen LogP contribution in [0.4, 0.5) is 9.18 Å². The molecular weight excluding hydrogens is 393 g/mol. The average molecular weight is 413 g/mol. The van der Waals surface area contributed by atoms with Crippen LogP contribution in [0.5, 0.6) is 0 Å². The fraction of sp³-hybridized carbons (Fsp3) is 0.154. The third kappa shape index (κ3) is 4.34. The molecule has 1 aliphatic rings. The molecule has 3 aromatic rings. The van der Waals surface area contributed by atoms with Crippen molar-refractivity contribution >= 4 is 12.4 Å². The van der Waals surface area contributed by atoms with Crippen molar-refractivity contribution in [1.29, 1.82) is 0 Å². The Kier molecular flexibility index (Phi) is 6.09.